The summed E-state index contributed by atoms with van der Waals surface area (Å²) < 4.78 is 10.6. The fraction of sp³-hybridized carbons (Fsp3) is 0.533. The van der Waals surface area contributed by atoms with Gasteiger partial charge in [-0.2, -0.15) is 0 Å². The molecule has 1 aliphatic heterocycles. The highest BCUT2D eigenvalue weighted by molar-refractivity contribution is 5.78. The summed E-state index contributed by atoms with van der Waals surface area (Å²) in [6, 6.07) is 6.10. The first kappa shape index (κ1) is 14.7. The molecule has 20 heavy (non-hydrogen) atoms. The predicted octanol–water partition coefficient (Wildman–Crippen LogP) is 1.71. The minimum absolute atomic E-state index is 0.128. The number of amides is 1. The van der Waals surface area contributed by atoms with Gasteiger partial charge in [-0.25, -0.2) is 0 Å². The van der Waals surface area contributed by atoms with E-state index < -0.39 is 0 Å². The van der Waals surface area contributed by atoms with Crippen molar-refractivity contribution in [3.63, 3.8) is 0 Å². The SMILES string of the molecule is CC(C)N(C)C(=O)CN(C)Cc1ccc2c(c1)OCO2. The second-order valence-corrected chi connectivity index (χ2v) is 5.46. The van der Waals surface area contributed by atoms with Gasteiger partial charge in [0.1, 0.15) is 0 Å². The molecule has 0 radical (unpaired) electrons. The van der Waals surface area contributed by atoms with E-state index in [0.29, 0.717) is 13.1 Å². The Bertz CT molecular complexity index is 488. The molecule has 1 aromatic carbocycles. The molecule has 0 N–H and O–H groups in total. The Kier molecular flexibility index (Phi) is 4.49. The fourth-order valence-electron chi connectivity index (χ4n) is 2.04. The number of nitrogens with zero attached hydrogens (tertiary/aromatic N) is 2. The third-order valence-corrected chi connectivity index (χ3v) is 3.46. The minimum atomic E-state index is 0.128. The van der Waals surface area contributed by atoms with Gasteiger partial charge in [-0.3, -0.25) is 9.69 Å². The molecule has 0 aliphatic carbocycles. The third kappa shape index (κ3) is 3.42. The van der Waals surface area contributed by atoms with Crippen LogP contribution in [0.2, 0.25) is 0 Å². The second-order valence-electron chi connectivity index (χ2n) is 5.46. The van der Waals surface area contributed by atoms with Crippen molar-refractivity contribution in [2.75, 3.05) is 27.4 Å². The lowest BCUT2D eigenvalue weighted by Gasteiger charge is -2.24. The normalized spacial score (nSPS) is 13.1. The molecule has 2 rings (SSSR count). The average Bonchev–Trinajstić information content (AvgIpc) is 2.84. The summed E-state index contributed by atoms with van der Waals surface area (Å²) in [5.74, 6) is 1.69. The zero-order valence-corrected chi connectivity index (χ0v) is 12.5. The largest absolute Gasteiger partial charge is 0.454 e. The first-order valence-electron chi connectivity index (χ1n) is 6.80. The monoisotopic (exact) mass is 278 g/mol. The summed E-state index contributed by atoms with van der Waals surface area (Å²) >= 11 is 0. The van der Waals surface area contributed by atoms with Gasteiger partial charge in [-0.05, 0) is 38.6 Å². The number of benzene rings is 1. The van der Waals surface area contributed by atoms with Crippen LogP contribution in [0.25, 0.3) is 0 Å². The number of fused-ring (bicyclic) bond motifs is 1. The maximum absolute atomic E-state index is 12.0. The molecule has 0 spiro atoms. The Morgan fingerprint density at radius 3 is 2.65 bits per heavy atom. The van der Waals surface area contributed by atoms with E-state index in [1.54, 1.807) is 4.90 Å². The van der Waals surface area contributed by atoms with E-state index in [0.717, 1.165) is 17.1 Å². The van der Waals surface area contributed by atoms with Crippen molar-refractivity contribution in [2.24, 2.45) is 0 Å². The Morgan fingerprint density at radius 2 is 1.95 bits per heavy atom. The van der Waals surface area contributed by atoms with Crippen LogP contribution < -0.4 is 9.47 Å². The topological polar surface area (TPSA) is 42.0 Å². The number of hydrogen-bond acceptors (Lipinski definition) is 4. The van der Waals surface area contributed by atoms with Crippen LogP contribution in [0.3, 0.4) is 0 Å². The number of carbonyl (C=O) groups excluding carboxylic acids is 1. The Balaban J connectivity index is 1.91. The molecule has 1 amide bonds. The quantitative estimate of drug-likeness (QED) is 0.822. The number of likely N-dealkylation sites (N-methyl/N-ethyl adjacent to an activating group) is 2. The molecule has 0 aromatic heterocycles. The Morgan fingerprint density at radius 1 is 1.25 bits per heavy atom. The summed E-state index contributed by atoms with van der Waals surface area (Å²) in [6.07, 6.45) is 0. The van der Waals surface area contributed by atoms with Gasteiger partial charge in [0.15, 0.2) is 11.5 Å². The van der Waals surface area contributed by atoms with Crippen molar-refractivity contribution < 1.29 is 14.3 Å². The van der Waals surface area contributed by atoms with Crippen molar-refractivity contribution in [1.29, 1.82) is 0 Å². The molecule has 0 unspecified atom stereocenters. The van der Waals surface area contributed by atoms with Gasteiger partial charge < -0.3 is 14.4 Å². The summed E-state index contributed by atoms with van der Waals surface area (Å²) in [5.41, 5.74) is 1.11. The highest BCUT2D eigenvalue weighted by Gasteiger charge is 2.16. The Labute approximate surface area is 120 Å². The molecule has 0 bridgehead atoms. The van der Waals surface area contributed by atoms with Crippen LogP contribution >= 0.6 is 0 Å². The number of ether oxygens (including phenoxy) is 2. The van der Waals surface area contributed by atoms with E-state index in [1.165, 1.54) is 0 Å². The molecule has 1 aliphatic rings. The highest BCUT2D eigenvalue weighted by atomic mass is 16.7. The molecule has 1 heterocycles. The minimum Gasteiger partial charge on any atom is -0.454 e. The first-order valence-corrected chi connectivity index (χ1v) is 6.80. The van der Waals surface area contributed by atoms with Crippen LogP contribution in [0, 0.1) is 0 Å². The summed E-state index contributed by atoms with van der Waals surface area (Å²) in [6.45, 7) is 5.41. The zero-order valence-electron chi connectivity index (χ0n) is 12.5. The van der Waals surface area contributed by atoms with E-state index in [9.17, 15) is 4.79 Å². The van der Waals surface area contributed by atoms with Crippen molar-refractivity contribution in [1.82, 2.24) is 9.80 Å². The highest BCUT2D eigenvalue weighted by Crippen LogP contribution is 2.32. The zero-order chi connectivity index (χ0) is 14.7. The van der Waals surface area contributed by atoms with Crippen molar-refractivity contribution >= 4 is 5.91 Å². The van der Waals surface area contributed by atoms with Gasteiger partial charge in [0, 0.05) is 19.6 Å². The van der Waals surface area contributed by atoms with Crippen LogP contribution in [0.5, 0.6) is 11.5 Å². The van der Waals surface area contributed by atoms with Gasteiger partial charge in [-0.1, -0.05) is 6.07 Å². The van der Waals surface area contributed by atoms with Crippen LogP contribution in [0.15, 0.2) is 18.2 Å². The third-order valence-electron chi connectivity index (χ3n) is 3.46. The van der Waals surface area contributed by atoms with Gasteiger partial charge in [-0.15, -0.1) is 0 Å². The average molecular weight is 278 g/mol. The van der Waals surface area contributed by atoms with Crippen molar-refractivity contribution in [3.8, 4) is 11.5 Å². The fourth-order valence-corrected chi connectivity index (χ4v) is 2.04. The number of rotatable bonds is 5. The molecule has 1 aromatic rings. The summed E-state index contributed by atoms with van der Waals surface area (Å²) in [4.78, 5) is 15.8. The van der Waals surface area contributed by atoms with E-state index in [1.807, 2.05) is 51.0 Å². The molecule has 0 fully saturated rings. The van der Waals surface area contributed by atoms with Crippen molar-refractivity contribution in [2.45, 2.75) is 26.4 Å². The van der Waals surface area contributed by atoms with Gasteiger partial charge in [0.05, 0.1) is 6.54 Å². The summed E-state index contributed by atoms with van der Waals surface area (Å²) in [5, 5.41) is 0. The lowest BCUT2D eigenvalue weighted by molar-refractivity contribution is -0.132. The first-order chi connectivity index (χ1) is 9.47. The smallest absolute Gasteiger partial charge is 0.236 e. The predicted molar refractivity (Wildman–Crippen MR) is 76.8 cm³/mol. The van der Waals surface area contributed by atoms with Gasteiger partial charge in [0.25, 0.3) is 0 Å². The van der Waals surface area contributed by atoms with Crippen LogP contribution in [0.4, 0.5) is 0 Å². The molecular formula is C15H22N2O3. The number of hydrogen-bond donors (Lipinski definition) is 0. The van der Waals surface area contributed by atoms with E-state index in [-0.39, 0.29) is 18.7 Å². The standard InChI is InChI=1S/C15H22N2O3/c1-11(2)17(4)15(18)9-16(3)8-12-5-6-13-14(7-12)20-10-19-13/h5-7,11H,8-10H2,1-4H3. The molecule has 0 atom stereocenters. The molecule has 110 valence electrons. The molecular weight excluding hydrogens is 256 g/mol. The van der Waals surface area contributed by atoms with Crippen LogP contribution in [-0.4, -0.2) is 49.2 Å². The maximum atomic E-state index is 12.0. The molecule has 5 heteroatoms. The molecule has 0 saturated carbocycles. The molecule has 5 nitrogen and oxygen atoms in total. The van der Waals surface area contributed by atoms with Gasteiger partial charge >= 0.3 is 0 Å². The van der Waals surface area contributed by atoms with Crippen molar-refractivity contribution in [3.05, 3.63) is 23.8 Å². The van der Waals surface area contributed by atoms with Crippen LogP contribution in [-0.2, 0) is 11.3 Å². The molecule has 0 saturated heterocycles. The second kappa shape index (κ2) is 6.13. The van der Waals surface area contributed by atoms with E-state index in [2.05, 4.69) is 0 Å². The lowest BCUT2D eigenvalue weighted by atomic mass is 10.2. The lowest BCUT2D eigenvalue weighted by Crippen LogP contribution is -2.39. The van der Waals surface area contributed by atoms with Crippen LogP contribution in [0.1, 0.15) is 19.4 Å². The van der Waals surface area contributed by atoms with E-state index >= 15 is 0 Å². The van der Waals surface area contributed by atoms with Gasteiger partial charge in [0.2, 0.25) is 12.7 Å². The van der Waals surface area contributed by atoms with E-state index in [4.69, 9.17) is 9.47 Å². The summed E-state index contributed by atoms with van der Waals surface area (Å²) in [7, 11) is 3.78. The maximum Gasteiger partial charge on any atom is 0.236 e. The number of carbonyl (C=O) groups is 1. The Hall–Kier alpha value is -1.75.